The molecule has 7 nitrogen and oxygen atoms in total. The minimum atomic E-state index is -0.809. The molecule has 0 spiro atoms. The number of benzene rings is 2. The SMILES string of the molecule is COc1cc(CN2CCCC(O)(COc3ccc(C)cc3C)CC2)ccc1OCCn1ccnc1. The zero-order valence-corrected chi connectivity index (χ0v) is 21.1. The molecule has 1 N–H and O–H groups in total. The molecule has 1 aliphatic rings. The highest BCUT2D eigenvalue weighted by molar-refractivity contribution is 5.43. The third-order valence-corrected chi connectivity index (χ3v) is 6.64. The molecule has 35 heavy (non-hydrogen) atoms. The first-order chi connectivity index (χ1) is 16.9. The Morgan fingerprint density at radius 3 is 2.63 bits per heavy atom. The second-order valence-electron chi connectivity index (χ2n) is 9.55. The van der Waals surface area contributed by atoms with Gasteiger partial charge in [-0.3, -0.25) is 4.90 Å². The number of aryl methyl sites for hydroxylation is 2. The number of hydrogen-bond donors (Lipinski definition) is 1. The van der Waals surface area contributed by atoms with Gasteiger partial charge in [-0.15, -0.1) is 0 Å². The molecular weight excluding hydrogens is 442 g/mol. The van der Waals surface area contributed by atoms with E-state index >= 15 is 0 Å². The van der Waals surface area contributed by atoms with Gasteiger partial charge < -0.3 is 23.9 Å². The highest BCUT2D eigenvalue weighted by Crippen LogP contribution is 2.30. The van der Waals surface area contributed by atoms with E-state index in [1.807, 2.05) is 42.0 Å². The maximum Gasteiger partial charge on any atom is 0.161 e. The lowest BCUT2D eigenvalue weighted by Gasteiger charge is -2.27. The Kier molecular flexibility index (Phi) is 8.31. The van der Waals surface area contributed by atoms with Gasteiger partial charge in [-0.05, 0) is 69.0 Å². The van der Waals surface area contributed by atoms with E-state index in [0.717, 1.165) is 61.8 Å². The fraction of sp³-hybridized carbons (Fsp3) is 0.464. The average Bonchev–Trinajstić information content (AvgIpc) is 3.29. The summed E-state index contributed by atoms with van der Waals surface area (Å²) in [6, 6.07) is 12.3. The van der Waals surface area contributed by atoms with Gasteiger partial charge in [0, 0.05) is 25.5 Å². The number of nitrogens with zero attached hydrogens (tertiary/aromatic N) is 3. The van der Waals surface area contributed by atoms with Crippen molar-refractivity contribution < 1.29 is 19.3 Å². The van der Waals surface area contributed by atoms with Crippen LogP contribution in [0.2, 0.25) is 0 Å². The van der Waals surface area contributed by atoms with Crippen LogP contribution in [0.5, 0.6) is 17.2 Å². The molecule has 188 valence electrons. The van der Waals surface area contributed by atoms with Crippen LogP contribution in [0.15, 0.2) is 55.1 Å². The summed E-state index contributed by atoms with van der Waals surface area (Å²) in [5.74, 6) is 2.33. The van der Waals surface area contributed by atoms with E-state index in [9.17, 15) is 5.11 Å². The molecule has 0 saturated carbocycles. The fourth-order valence-corrected chi connectivity index (χ4v) is 4.58. The minimum absolute atomic E-state index is 0.323. The van der Waals surface area contributed by atoms with Gasteiger partial charge in [-0.2, -0.15) is 0 Å². The lowest BCUT2D eigenvalue weighted by molar-refractivity contribution is -0.0170. The maximum absolute atomic E-state index is 11.2. The molecule has 0 radical (unpaired) electrons. The highest BCUT2D eigenvalue weighted by atomic mass is 16.5. The van der Waals surface area contributed by atoms with Crippen LogP contribution in [-0.2, 0) is 13.1 Å². The predicted octanol–water partition coefficient (Wildman–Crippen LogP) is 4.38. The molecule has 4 rings (SSSR count). The molecule has 3 aromatic rings. The Bertz CT molecular complexity index is 1090. The zero-order chi connectivity index (χ0) is 24.7. The summed E-state index contributed by atoms with van der Waals surface area (Å²) in [6.45, 7) is 8.28. The van der Waals surface area contributed by atoms with Gasteiger partial charge >= 0.3 is 0 Å². The van der Waals surface area contributed by atoms with Crippen LogP contribution in [0.4, 0.5) is 0 Å². The van der Waals surface area contributed by atoms with Crippen molar-refractivity contribution in [3.05, 3.63) is 71.8 Å². The summed E-state index contributed by atoms with van der Waals surface area (Å²) in [7, 11) is 1.67. The number of aliphatic hydroxyl groups is 1. The van der Waals surface area contributed by atoms with Crippen LogP contribution in [-0.4, -0.2) is 58.6 Å². The van der Waals surface area contributed by atoms with Crippen molar-refractivity contribution >= 4 is 0 Å². The predicted molar refractivity (Wildman–Crippen MR) is 136 cm³/mol. The van der Waals surface area contributed by atoms with Crippen molar-refractivity contribution in [2.24, 2.45) is 0 Å². The molecular formula is C28H37N3O4. The van der Waals surface area contributed by atoms with Crippen molar-refractivity contribution in [3.8, 4) is 17.2 Å². The molecule has 1 saturated heterocycles. The monoisotopic (exact) mass is 479 g/mol. The standard InChI is InChI=1S/C28H37N3O4/c1-22-5-7-25(23(2)17-22)35-20-28(32)9-4-12-30(13-10-28)19-24-6-8-26(27(18-24)33-3)34-16-15-31-14-11-29-21-31/h5-8,11,14,17-18,21,32H,4,9-10,12-13,15-16,19-20H2,1-3H3. The molecule has 1 unspecified atom stereocenters. The minimum Gasteiger partial charge on any atom is -0.493 e. The lowest BCUT2D eigenvalue weighted by Crippen LogP contribution is -2.37. The van der Waals surface area contributed by atoms with E-state index in [2.05, 4.69) is 28.9 Å². The Morgan fingerprint density at radius 1 is 1.00 bits per heavy atom. The van der Waals surface area contributed by atoms with Gasteiger partial charge in [0.15, 0.2) is 11.5 Å². The van der Waals surface area contributed by atoms with E-state index < -0.39 is 5.60 Å². The van der Waals surface area contributed by atoms with Crippen molar-refractivity contribution in [2.75, 3.05) is 33.4 Å². The summed E-state index contributed by atoms with van der Waals surface area (Å²) in [5.41, 5.74) is 2.67. The topological polar surface area (TPSA) is 69.0 Å². The summed E-state index contributed by atoms with van der Waals surface area (Å²) < 4.78 is 19.5. The Balaban J connectivity index is 1.29. The van der Waals surface area contributed by atoms with Gasteiger partial charge in [0.05, 0.1) is 25.6 Å². The molecule has 1 atom stereocenters. The first-order valence-electron chi connectivity index (χ1n) is 12.3. The molecule has 7 heteroatoms. The summed E-state index contributed by atoms with van der Waals surface area (Å²) in [6.07, 6.45) is 7.81. The van der Waals surface area contributed by atoms with Gasteiger partial charge in [-0.1, -0.05) is 23.8 Å². The molecule has 1 fully saturated rings. The third-order valence-electron chi connectivity index (χ3n) is 6.64. The van der Waals surface area contributed by atoms with E-state index in [-0.39, 0.29) is 0 Å². The number of aromatic nitrogens is 2. The summed E-state index contributed by atoms with van der Waals surface area (Å²) >= 11 is 0. The number of rotatable bonds is 10. The number of imidazole rings is 1. The molecule has 1 aromatic heterocycles. The fourth-order valence-electron chi connectivity index (χ4n) is 4.58. The van der Waals surface area contributed by atoms with E-state index in [0.29, 0.717) is 19.6 Å². The largest absolute Gasteiger partial charge is 0.493 e. The van der Waals surface area contributed by atoms with Crippen molar-refractivity contribution in [1.82, 2.24) is 14.5 Å². The van der Waals surface area contributed by atoms with Crippen LogP contribution < -0.4 is 14.2 Å². The summed E-state index contributed by atoms with van der Waals surface area (Å²) in [5, 5.41) is 11.2. The molecule has 0 bridgehead atoms. The second-order valence-corrected chi connectivity index (χ2v) is 9.55. The number of methoxy groups -OCH3 is 1. The highest BCUT2D eigenvalue weighted by Gasteiger charge is 2.31. The van der Waals surface area contributed by atoms with Crippen LogP contribution >= 0.6 is 0 Å². The number of likely N-dealkylation sites (tertiary alicyclic amines) is 1. The Labute approximate surface area is 208 Å². The zero-order valence-electron chi connectivity index (χ0n) is 21.1. The van der Waals surface area contributed by atoms with Gasteiger partial charge in [0.1, 0.15) is 19.0 Å². The van der Waals surface area contributed by atoms with E-state index in [1.54, 1.807) is 19.6 Å². The molecule has 0 amide bonds. The second kappa shape index (κ2) is 11.6. The van der Waals surface area contributed by atoms with Crippen molar-refractivity contribution in [2.45, 2.75) is 51.8 Å². The number of ether oxygens (including phenoxy) is 3. The van der Waals surface area contributed by atoms with Crippen molar-refractivity contribution in [3.63, 3.8) is 0 Å². The number of hydrogen-bond acceptors (Lipinski definition) is 6. The first kappa shape index (κ1) is 25.1. The van der Waals surface area contributed by atoms with Crippen LogP contribution in [0.25, 0.3) is 0 Å². The van der Waals surface area contributed by atoms with Gasteiger partial charge in [0.25, 0.3) is 0 Å². The lowest BCUT2D eigenvalue weighted by atomic mass is 9.96. The van der Waals surface area contributed by atoms with E-state index in [1.165, 1.54) is 11.1 Å². The van der Waals surface area contributed by atoms with Crippen LogP contribution in [0.3, 0.4) is 0 Å². The van der Waals surface area contributed by atoms with Crippen LogP contribution in [0.1, 0.15) is 36.0 Å². The van der Waals surface area contributed by atoms with Gasteiger partial charge in [-0.25, -0.2) is 4.98 Å². The smallest absolute Gasteiger partial charge is 0.161 e. The maximum atomic E-state index is 11.2. The molecule has 2 heterocycles. The quantitative estimate of drug-likeness (QED) is 0.465. The Hall–Kier alpha value is -3.03. The van der Waals surface area contributed by atoms with Gasteiger partial charge in [0.2, 0.25) is 0 Å². The van der Waals surface area contributed by atoms with Crippen LogP contribution in [0, 0.1) is 13.8 Å². The molecule has 1 aliphatic heterocycles. The molecule has 0 aliphatic carbocycles. The Morgan fingerprint density at radius 2 is 1.86 bits per heavy atom. The third kappa shape index (κ3) is 6.99. The average molecular weight is 480 g/mol. The normalized spacial score (nSPS) is 18.7. The van der Waals surface area contributed by atoms with E-state index in [4.69, 9.17) is 14.2 Å². The molecule has 2 aromatic carbocycles. The summed E-state index contributed by atoms with van der Waals surface area (Å²) in [4.78, 5) is 6.44. The van der Waals surface area contributed by atoms with Crippen molar-refractivity contribution in [1.29, 1.82) is 0 Å². The first-order valence-corrected chi connectivity index (χ1v) is 12.3.